The van der Waals surface area contributed by atoms with Gasteiger partial charge >= 0.3 is 5.69 Å². The van der Waals surface area contributed by atoms with Crippen molar-refractivity contribution >= 4 is 32.6 Å². The number of aromatic nitrogens is 2. The van der Waals surface area contributed by atoms with Gasteiger partial charge in [-0.1, -0.05) is 15.9 Å². The van der Waals surface area contributed by atoms with E-state index in [9.17, 15) is 9.59 Å². The first-order chi connectivity index (χ1) is 7.08. The van der Waals surface area contributed by atoms with E-state index < -0.39 is 5.69 Å². The Morgan fingerprint density at radius 2 is 2.20 bits per heavy atom. The third kappa shape index (κ3) is 1.83. The molecule has 0 bridgehead atoms. The van der Waals surface area contributed by atoms with Crippen LogP contribution in [0.4, 0.5) is 0 Å². The highest BCUT2D eigenvalue weighted by Crippen LogP contribution is 2.18. The molecule has 0 unspecified atom stereocenters. The van der Waals surface area contributed by atoms with Gasteiger partial charge in [-0.25, -0.2) is 4.79 Å². The SMILES string of the molecule is CC(=O)c1nc(=O)[nH]c2cc(Br)ccc12. The van der Waals surface area contributed by atoms with Crippen molar-refractivity contribution in [3.63, 3.8) is 0 Å². The Labute approximate surface area is 93.5 Å². The number of nitrogens with zero attached hydrogens (tertiary/aromatic N) is 1. The van der Waals surface area contributed by atoms with Crippen LogP contribution in [0.1, 0.15) is 17.4 Å². The van der Waals surface area contributed by atoms with Crippen molar-refractivity contribution in [1.82, 2.24) is 9.97 Å². The lowest BCUT2D eigenvalue weighted by molar-refractivity contribution is 0.101. The Morgan fingerprint density at radius 1 is 1.47 bits per heavy atom. The van der Waals surface area contributed by atoms with Crippen LogP contribution in [0.2, 0.25) is 0 Å². The van der Waals surface area contributed by atoms with E-state index in [-0.39, 0.29) is 11.5 Å². The Morgan fingerprint density at radius 3 is 2.87 bits per heavy atom. The molecule has 0 amide bonds. The van der Waals surface area contributed by atoms with Crippen LogP contribution in [0.25, 0.3) is 10.9 Å². The molecule has 0 fully saturated rings. The van der Waals surface area contributed by atoms with E-state index in [0.717, 1.165) is 4.47 Å². The number of carbonyl (C=O) groups is 1. The van der Waals surface area contributed by atoms with Crippen LogP contribution in [-0.4, -0.2) is 15.8 Å². The Hall–Kier alpha value is -1.49. The highest BCUT2D eigenvalue weighted by atomic mass is 79.9. The number of benzene rings is 1. The van der Waals surface area contributed by atoms with Crippen molar-refractivity contribution in [3.05, 3.63) is 38.9 Å². The van der Waals surface area contributed by atoms with E-state index in [2.05, 4.69) is 25.9 Å². The lowest BCUT2D eigenvalue weighted by Gasteiger charge is -2.01. The number of ketones is 1. The predicted molar refractivity (Wildman–Crippen MR) is 60.1 cm³/mol. The molecular formula is C10H7BrN2O2. The van der Waals surface area contributed by atoms with Crippen molar-refractivity contribution in [2.75, 3.05) is 0 Å². The first-order valence-electron chi connectivity index (χ1n) is 4.28. The number of hydrogen-bond acceptors (Lipinski definition) is 3. The number of nitrogens with one attached hydrogen (secondary N) is 1. The van der Waals surface area contributed by atoms with Gasteiger partial charge in [0.2, 0.25) is 0 Å². The van der Waals surface area contributed by atoms with Crippen molar-refractivity contribution in [2.45, 2.75) is 6.92 Å². The number of carbonyl (C=O) groups excluding carboxylic acids is 1. The van der Waals surface area contributed by atoms with E-state index >= 15 is 0 Å². The zero-order valence-electron chi connectivity index (χ0n) is 7.87. The minimum Gasteiger partial charge on any atom is -0.305 e. The minimum absolute atomic E-state index is 0.209. The van der Waals surface area contributed by atoms with Crippen molar-refractivity contribution in [3.8, 4) is 0 Å². The molecule has 1 N–H and O–H groups in total. The number of Topliss-reactive ketones (excluding diaryl/α,β-unsaturated/α-hetero) is 1. The van der Waals surface area contributed by atoms with Crippen LogP contribution in [0, 0.1) is 0 Å². The second-order valence-corrected chi connectivity index (χ2v) is 4.05. The first kappa shape index (κ1) is 10.0. The van der Waals surface area contributed by atoms with E-state index in [1.165, 1.54) is 6.92 Å². The molecule has 5 heteroatoms. The molecule has 1 aromatic carbocycles. The summed E-state index contributed by atoms with van der Waals surface area (Å²) in [6.07, 6.45) is 0. The summed E-state index contributed by atoms with van der Waals surface area (Å²) in [6.45, 7) is 1.39. The molecule has 0 saturated carbocycles. The lowest BCUT2D eigenvalue weighted by Crippen LogP contribution is -2.15. The summed E-state index contributed by atoms with van der Waals surface area (Å²) < 4.78 is 0.839. The van der Waals surface area contributed by atoms with E-state index in [1.54, 1.807) is 18.2 Å². The van der Waals surface area contributed by atoms with Crippen LogP contribution in [-0.2, 0) is 0 Å². The van der Waals surface area contributed by atoms with Crippen LogP contribution < -0.4 is 5.69 Å². The molecule has 0 aliphatic heterocycles. The largest absolute Gasteiger partial charge is 0.346 e. The molecule has 1 aromatic heterocycles. The first-order valence-corrected chi connectivity index (χ1v) is 5.08. The highest BCUT2D eigenvalue weighted by Gasteiger charge is 2.09. The van der Waals surface area contributed by atoms with Crippen LogP contribution in [0.3, 0.4) is 0 Å². The van der Waals surface area contributed by atoms with Gasteiger partial charge in [0, 0.05) is 16.8 Å². The Balaban J connectivity index is 2.92. The van der Waals surface area contributed by atoms with Gasteiger partial charge in [-0.3, -0.25) is 4.79 Å². The molecule has 0 aliphatic carbocycles. The monoisotopic (exact) mass is 266 g/mol. The fraction of sp³-hybridized carbons (Fsp3) is 0.100. The highest BCUT2D eigenvalue weighted by molar-refractivity contribution is 9.10. The average molecular weight is 267 g/mol. The Bertz CT molecular complexity index is 604. The summed E-state index contributed by atoms with van der Waals surface area (Å²) in [7, 11) is 0. The molecule has 0 atom stereocenters. The lowest BCUT2D eigenvalue weighted by atomic mass is 10.1. The number of halogens is 1. The number of H-pyrrole nitrogens is 1. The minimum atomic E-state index is -0.509. The molecule has 0 saturated heterocycles. The molecule has 2 aromatic rings. The number of fused-ring (bicyclic) bond motifs is 1. The molecule has 76 valence electrons. The molecule has 4 nitrogen and oxygen atoms in total. The van der Waals surface area contributed by atoms with Gasteiger partial charge in [-0.2, -0.15) is 4.98 Å². The van der Waals surface area contributed by atoms with E-state index in [1.807, 2.05) is 0 Å². The summed E-state index contributed by atoms with van der Waals surface area (Å²) in [5.41, 5.74) is 0.307. The van der Waals surface area contributed by atoms with Crippen molar-refractivity contribution in [1.29, 1.82) is 0 Å². The number of hydrogen-bond donors (Lipinski definition) is 1. The molecule has 2 rings (SSSR count). The fourth-order valence-electron chi connectivity index (χ4n) is 1.40. The zero-order chi connectivity index (χ0) is 11.0. The van der Waals surface area contributed by atoms with Gasteiger partial charge < -0.3 is 4.98 Å². The average Bonchev–Trinajstić information content (AvgIpc) is 2.15. The van der Waals surface area contributed by atoms with Crippen LogP contribution >= 0.6 is 15.9 Å². The quantitative estimate of drug-likeness (QED) is 0.802. The fourth-order valence-corrected chi connectivity index (χ4v) is 1.76. The third-order valence-electron chi connectivity index (χ3n) is 2.03. The number of rotatable bonds is 1. The smallest absolute Gasteiger partial charge is 0.305 e. The van der Waals surface area contributed by atoms with Gasteiger partial charge in [-0.15, -0.1) is 0 Å². The van der Waals surface area contributed by atoms with Gasteiger partial charge in [0.15, 0.2) is 5.78 Å². The summed E-state index contributed by atoms with van der Waals surface area (Å²) in [5.74, 6) is -0.214. The normalized spacial score (nSPS) is 10.5. The molecule has 15 heavy (non-hydrogen) atoms. The maximum absolute atomic E-state index is 11.3. The molecule has 0 radical (unpaired) electrons. The van der Waals surface area contributed by atoms with Gasteiger partial charge in [0.25, 0.3) is 0 Å². The van der Waals surface area contributed by atoms with Gasteiger partial charge in [-0.05, 0) is 18.2 Å². The maximum atomic E-state index is 11.3. The number of aromatic amines is 1. The molecule has 0 spiro atoms. The second-order valence-electron chi connectivity index (χ2n) is 3.14. The predicted octanol–water partition coefficient (Wildman–Crippen LogP) is 1.89. The van der Waals surface area contributed by atoms with E-state index in [0.29, 0.717) is 10.9 Å². The molecule has 0 aliphatic rings. The summed E-state index contributed by atoms with van der Waals surface area (Å²) in [4.78, 5) is 28.7. The zero-order valence-corrected chi connectivity index (χ0v) is 9.46. The topological polar surface area (TPSA) is 62.8 Å². The summed E-state index contributed by atoms with van der Waals surface area (Å²) >= 11 is 3.29. The van der Waals surface area contributed by atoms with Crippen molar-refractivity contribution in [2.24, 2.45) is 0 Å². The van der Waals surface area contributed by atoms with Gasteiger partial charge in [0.1, 0.15) is 5.69 Å². The summed E-state index contributed by atoms with van der Waals surface area (Å²) in [6, 6.07) is 5.29. The Kier molecular flexibility index (Phi) is 2.40. The standard InChI is InChI=1S/C10H7BrN2O2/c1-5(14)9-7-3-2-6(11)4-8(7)12-10(15)13-9/h2-4H,1H3,(H,12,13,15). The van der Waals surface area contributed by atoms with Crippen molar-refractivity contribution < 1.29 is 4.79 Å². The third-order valence-corrected chi connectivity index (χ3v) is 2.52. The van der Waals surface area contributed by atoms with E-state index in [4.69, 9.17) is 0 Å². The molecular weight excluding hydrogens is 260 g/mol. The summed E-state index contributed by atoms with van der Waals surface area (Å²) in [5, 5.41) is 0.658. The maximum Gasteiger partial charge on any atom is 0.346 e. The van der Waals surface area contributed by atoms with Crippen LogP contribution in [0.5, 0.6) is 0 Å². The van der Waals surface area contributed by atoms with Gasteiger partial charge in [0.05, 0.1) is 5.52 Å². The second kappa shape index (κ2) is 3.58. The molecule has 1 heterocycles. The van der Waals surface area contributed by atoms with Crippen LogP contribution in [0.15, 0.2) is 27.5 Å².